The van der Waals surface area contributed by atoms with Crippen LogP contribution in [0.1, 0.15) is 52.6 Å². The Labute approximate surface area is 136 Å². The largest absolute Gasteiger partial charge is 0.478 e. The number of aromatic carboxylic acids is 1. The van der Waals surface area contributed by atoms with E-state index in [-0.39, 0.29) is 16.9 Å². The third-order valence-corrected chi connectivity index (χ3v) is 3.83. The molecule has 0 atom stereocenters. The highest BCUT2D eigenvalue weighted by molar-refractivity contribution is 6.05. The van der Waals surface area contributed by atoms with E-state index in [2.05, 4.69) is 26.1 Å². The second-order valence-electron chi connectivity index (χ2n) is 6.56. The Morgan fingerprint density at radius 2 is 1.61 bits per heavy atom. The van der Waals surface area contributed by atoms with Crippen LogP contribution in [-0.2, 0) is 5.41 Å². The Hall–Kier alpha value is -2.62. The molecular weight excluding hydrogens is 290 g/mol. The average Bonchev–Trinajstić information content (AvgIpc) is 2.48. The minimum Gasteiger partial charge on any atom is -0.478 e. The summed E-state index contributed by atoms with van der Waals surface area (Å²) in [5.74, 6) is -1.26. The molecule has 2 N–H and O–H groups in total. The van der Waals surface area contributed by atoms with Crippen molar-refractivity contribution in [2.45, 2.75) is 33.1 Å². The van der Waals surface area contributed by atoms with Crippen LogP contribution < -0.4 is 5.32 Å². The first-order chi connectivity index (χ1) is 10.7. The normalized spacial score (nSPS) is 11.1. The summed E-state index contributed by atoms with van der Waals surface area (Å²) in [5, 5.41) is 11.9. The number of nitrogens with one attached hydrogen (secondary N) is 1. The number of carbonyl (C=O) groups excluding carboxylic acids is 1. The topological polar surface area (TPSA) is 66.4 Å². The highest BCUT2D eigenvalue weighted by atomic mass is 16.4. The average molecular weight is 311 g/mol. The number of carboxylic acids is 1. The first-order valence-corrected chi connectivity index (χ1v) is 7.45. The molecular formula is C19H21NO3. The van der Waals surface area contributed by atoms with E-state index in [1.807, 2.05) is 12.1 Å². The zero-order chi connectivity index (χ0) is 17.2. The van der Waals surface area contributed by atoms with Crippen LogP contribution in [0.15, 0.2) is 42.5 Å². The van der Waals surface area contributed by atoms with Gasteiger partial charge in [-0.1, -0.05) is 39.0 Å². The maximum Gasteiger partial charge on any atom is 0.336 e. The summed E-state index contributed by atoms with van der Waals surface area (Å²) in [7, 11) is 0. The van der Waals surface area contributed by atoms with Gasteiger partial charge in [0.05, 0.1) is 5.56 Å². The molecule has 2 aromatic rings. The number of benzene rings is 2. The van der Waals surface area contributed by atoms with Crippen molar-refractivity contribution in [1.82, 2.24) is 0 Å². The molecule has 0 aliphatic heterocycles. The van der Waals surface area contributed by atoms with E-state index in [1.54, 1.807) is 31.2 Å². The molecule has 0 bridgehead atoms. The minimum absolute atomic E-state index is 0.0292. The van der Waals surface area contributed by atoms with Crippen LogP contribution in [0.2, 0.25) is 0 Å². The van der Waals surface area contributed by atoms with Crippen molar-refractivity contribution in [1.29, 1.82) is 0 Å². The molecule has 0 saturated carbocycles. The van der Waals surface area contributed by atoms with Crippen molar-refractivity contribution in [3.8, 4) is 0 Å². The summed E-state index contributed by atoms with van der Waals surface area (Å²) in [6.07, 6.45) is 0. The molecule has 0 aliphatic carbocycles. The lowest BCUT2D eigenvalue weighted by Gasteiger charge is -2.19. The standard InChI is InChI=1S/C19H21NO3/c1-12-15(18(22)23)6-5-7-16(12)20-17(21)13-8-10-14(11-9-13)19(2,3)4/h5-11H,1-4H3,(H,20,21)(H,22,23). The molecule has 2 aromatic carbocycles. The fourth-order valence-corrected chi connectivity index (χ4v) is 2.32. The van der Waals surface area contributed by atoms with Crippen molar-refractivity contribution >= 4 is 17.6 Å². The maximum atomic E-state index is 12.3. The van der Waals surface area contributed by atoms with Gasteiger partial charge in [-0.15, -0.1) is 0 Å². The second kappa shape index (κ2) is 6.24. The molecule has 1 amide bonds. The van der Waals surface area contributed by atoms with Crippen LogP contribution in [0.3, 0.4) is 0 Å². The van der Waals surface area contributed by atoms with E-state index in [0.717, 1.165) is 5.56 Å². The molecule has 0 spiro atoms. The van der Waals surface area contributed by atoms with Gasteiger partial charge in [0.15, 0.2) is 0 Å². The van der Waals surface area contributed by atoms with Gasteiger partial charge in [0.25, 0.3) is 5.91 Å². The quantitative estimate of drug-likeness (QED) is 0.891. The molecule has 0 unspecified atom stereocenters. The monoisotopic (exact) mass is 311 g/mol. The third-order valence-electron chi connectivity index (χ3n) is 3.83. The molecule has 0 fully saturated rings. The number of hydrogen-bond acceptors (Lipinski definition) is 2. The van der Waals surface area contributed by atoms with E-state index in [4.69, 9.17) is 5.11 Å². The number of carbonyl (C=O) groups is 2. The first-order valence-electron chi connectivity index (χ1n) is 7.45. The molecule has 0 saturated heterocycles. The van der Waals surface area contributed by atoms with E-state index in [9.17, 15) is 9.59 Å². The van der Waals surface area contributed by atoms with Crippen molar-refractivity contribution in [2.24, 2.45) is 0 Å². The van der Waals surface area contributed by atoms with Crippen LogP contribution >= 0.6 is 0 Å². The smallest absolute Gasteiger partial charge is 0.336 e. The summed E-state index contributed by atoms with van der Waals surface area (Å²) in [5.41, 5.74) is 2.96. The predicted molar refractivity (Wildman–Crippen MR) is 91.2 cm³/mol. The van der Waals surface area contributed by atoms with E-state index in [1.165, 1.54) is 6.07 Å². The molecule has 4 heteroatoms. The van der Waals surface area contributed by atoms with Crippen LogP contribution in [0.25, 0.3) is 0 Å². The SMILES string of the molecule is Cc1c(NC(=O)c2ccc(C(C)(C)C)cc2)cccc1C(=O)O. The molecule has 120 valence electrons. The predicted octanol–water partition coefficient (Wildman–Crippen LogP) is 4.24. The zero-order valence-electron chi connectivity index (χ0n) is 13.8. The van der Waals surface area contributed by atoms with Crippen molar-refractivity contribution in [3.63, 3.8) is 0 Å². The van der Waals surface area contributed by atoms with Crippen LogP contribution in [0.4, 0.5) is 5.69 Å². The van der Waals surface area contributed by atoms with Gasteiger partial charge in [-0.2, -0.15) is 0 Å². The summed E-state index contributed by atoms with van der Waals surface area (Å²) in [4.78, 5) is 23.5. The Bertz CT molecular complexity index is 740. The fourth-order valence-electron chi connectivity index (χ4n) is 2.32. The van der Waals surface area contributed by atoms with Gasteiger partial charge in [-0.3, -0.25) is 4.79 Å². The molecule has 4 nitrogen and oxygen atoms in total. The lowest BCUT2D eigenvalue weighted by molar-refractivity contribution is 0.0695. The van der Waals surface area contributed by atoms with Gasteiger partial charge in [-0.25, -0.2) is 4.79 Å². The lowest BCUT2D eigenvalue weighted by atomic mass is 9.86. The van der Waals surface area contributed by atoms with Gasteiger partial charge < -0.3 is 10.4 Å². The highest BCUT2D eigenvalue weighted by Gasteiger charge is 2.15. The van der Waals surface area contributed by atoms with Gasteiger partial charge in [0, 0.05) is 11.3 Å². The van der Waals surface area contributed by atoms with Gasteiger partial charge >= 0.3 is 5.97 Å². The number of hydrogen-bond donors (Lipinski definition) is 2. The van der Waals surface area contributed by atoms with Crippen molar-refractivity contribution < 1.29 is 14.7 Å². The van der Waals surface area contributed by atoms with Crippen LogP contribution in [-0.4, -0.2) is 17.0 Å². The molecule has 0 heterocycles. The molecule has 0 radical (unpaired) electrons. The van der Waals surface area contributed by atoms with E-state index >= 15 is 0 Å². The Kier molecular flexibility index (Phi) is 4.55. The maximum absolute atomic E-state index is 12.3. The molecule has 0 aliphatic rings. The summed E-state index contributed by atoms with van der Waals surface area (Å²) in [6, 6.07) is 12.3. The van der Waals surface area contributed by atoms with Crippen LogP contribution in [0.5, 0.6) is 0 Å². The zero-order valence-corrected chi connectivity index (χ0v) is 13.8. The van der Waals surface area contributed by atoms with Crippen molar-refractivity contribution in [2.75, 3.05) is 5.32 Å². The summed E-state index contributed by atoms with van der Waals surface area (Å²) in [6.45, 7) is 8.02. The summed E-state index contributed by atoms with van der Waals surface area (Å²) >= 11 is 0. The fraction of sp³-hybridized carbons (Fsp3) is 0.263. The first kappa shape index (κ1) is 16.7. The lowest BCUT2D eigenvalue weighted by Crippen LogP contribution is -2.15. The third kappa shape index (κ3) is 3.77. The van der Waals surface area contributed by atoms with Gasteiger partial charge in [-0.05, 0) is 47.7 Å². The van der Waals surface area contributed by atoms with Crippen molar-refractivity contribution in [3.05, 3.63) is 64.7 Å². The second-order valence-corrected chi connectivity index (χ2v) is 6.56. The van der Waals surface area contributed by atoms with Gasteiger partial charge in [0.1, 0.15) is 0 Å². The number of rotatable bonds is 3. The molecule has 0 aromatic heterocycles. The van der Waals surface area contributed by atoms with E-state index in [0.29, 0.717) is 16.8 Å². The Balaban J connectivity index is 2.23. The van der Waals surface area contributed by atoms with Crippen LogP contribution in [0, 0.1) is 6.92 Å². The Morgan fingerprint density at radius 1 is 1.00 bits per heavy atom. The molecule has 23 heavy (non-hydrogen) atoms. The Morgan fingerprint density at radius 3 is 2.13 bits per heavy atom. The number of anilines is 1. The number of amides is 1. The minimum atomic E-state index is -1.01. The summed E-state index contributed by atoms with van der Waals surface area (Å²) < 4.78 is 0. The van der Waals surface area contributed by atoms with E-state index < -0.39 is 5.97 Å². The number of carboxylic acid groups (broad SMARTS) is 1. The van der Waals surface area contributed by atoms with Gasteiger partial charge in [0.2, 0.25) is 0 Å². The molecule has 2 rings (SSSR count). The highest BCUT2D eigenvalue weighted by Crippen LogP contribution is 2.23.